The maximum absolute atomic E-state index is 12.2. The lowest BCUT2D eigenvalue weighted by Crippen LogP contribution is -2.58. The monoisotopic (exact) mass is 268 g/mol. The van der Waals surface area contributed by atoms with Gasteiger partial charge in [0, 0.05) is 45.3 Å². The third-order valence-corrected chi connectivity index (χ3v) is 4.26. The second-order valence-electron chi connectivity index (χ2n) is 4.74. The van der Waals surface area contributed by atoms with E-state index in [1.54, 1.807) is 16.2 Å². The summed E-state index contributed by atoms with van der Waals surface area (Å²) in [5, 5.41) is 6.35. The quantitative estimate of drug-likeness (QED) is 0.870. The molecule has 0 aromatic carbocycles. The van der Waals surface area contributed by atoms with E-state index in [-0.39, 0.29) is 18.0 Å². The van der Waals surface area contributed by atoms with Crippen LogP contribution in [0.3, 0.4) is 0 Å². The average molecular weight is 268 g/mol. The fraction of sp³-hybridized carbons (Fsp3) is 0.667. The van der Waals surface area contributed by atoms with Gasteiger partial charge in [0.15, 0.2) is 0 Å². The van der Waals surface area contributed by atoms with E-state index in [9.17, 15) is 4.79 Å². The zero-order chi connectivity index (χ0) is 13.1. The highest BCUT2D eigenvalue weighted by atomic mass is 32.1. The highest BCUT2D eigenvalue weighted by molar-refractivity contribution is 7.09. The smallest absolute Gasteiger partial charge is 0.240 e. The molecule has 100 valence electrons. The largest absolute Gasteiger partial charge is 0.347 e. The summed E-state index contributed by atoms with van der Waals surface area (Å²) in [6.45, 7) is 4.64. The van der Waals surface area contributed by atoms with E-state index in [2.05, 4.69) is 22.1 Å². The van der Waals surface area contributed by atoms with Crippen LogP contribution in [-0.4, -0.2) is 60.5 Å². The number of piperazine rings is 1. The SMILES string of the molecule is CC(c1nccs1)N1CCNCC1C(=O)N(C)C. The van der Waals surface area contributed by atoms with Gasteiger partial charge in [0.05, 0.1) is 6.04 Å². The minimum atomic E-state index is -0.0901. The summed E-state index contributed by atoms with van der Waals surface area (Å²) in [6.07, 6.45) is 1.82. The first kappa shape index (κ1) is 13.5. The van der Waals surface area contributed by atoms with Crippen LogP contribution in [0.5, 0.6) is 0 Å². The number of hydrogen-bond donors (Lipinski definition) is 1. The Hall–Kier alpha value is -0.980. The third-order valence-electron chi connectivity index (χ3n) is 3.32. The summed E-state index contributed by atoms with van der Waals surface area (Å²) in [5.74, 6) is 0.158. The summed E-state index contributed by atoms with van der Waals surface area (Å²) in [7, 11) is 3.62. The molecule has 18 heavy (non-hydrogen) atoms. The molecule has 0 aliphatic carbocycles. The summed E-state index contributed by atoms with van der Waals surface area (Å²) in [4.78, 5) is 20.5. The molecule has 0 saturated carbocycles. The number of likely N-dealkylation sites (N-methyl/N-ethyl adjacent to an activating group) is 1. The van der Waals surface area contributed by atoms with Crippen molar-refractivity contribution in [3.8, 4) is 0 Å². The van der Waals surface area contributed by atoms with Crippen LogP contribution in [0.15, 0.2) is 11.6 Å². The maximum Gasteiger partial charge on any atom is 0.240 e. The molecule has 1 fully saturated rings. The lowest BCUT2D eigenvalue weighted by atomic mass is 10.1. The number of nitrogens with one attached hydrogen (secondary N) is 1. The average Bonchev–Trinajstić information content (AvgIpc) is 2.90. The topological polar surface area (TPSA) is 48.5 Å². The Kier molecular flexibility index (Phi) is 4.31. The molecule has 2 unspecified atom stereocenters. The van der Waals surface area contributed by atoms with Gasteiger partial charge in [0.1, 0.15) is 11.0 Å². The van der Waals surface area contributed by atoms with E-state index in [0.717, 1.165) is 18.1 Å². The number of carbonyl (C=O) groups excluding carboxylic acids is 1. The fourth-order valence-corrected chi connectivity index (χ4v) is 3.01. The van der Waals surface area contributed by atoms with Gasteiger partial charge in [-0.2, -0.15) is 0 Å². The van der Waals surface area contributed by atoms with E-state index in [1.807, 2.05) is 25.7 Å². The first-order valence-corrected chi connectivity index (χ1v) is 7.06. The highest BCUT2D eigenvalue weighted by Gasteiger charge is 2.33. The summed E-state index contributed by atoms with van der Waals surface area (Å²) in [5.41, 5.74) is 0. The van der Waals surface area contributed by atoms with Gasteiger partial charge < -0.3 is 10.2 Å². The molecule has 1 aliphatic heterocycles. The normalized spacial score (nSPS) is 22.7. The van der Waals surface area contributed by atoms with Crippen molar-refractivity contribution in [3.63, 3.8) is 0 Å². The number of thiazole rings is 1. The van der Waals surface area contributed by atoms with E-state index in [0.29, 0.717) is 6.54 Å². The predicted octanol–water partition coefficient (Wildman–Crippen LogP) is 0.566. The molecule has 1 amide bonds. The molecule has 5 nitrogen and oxygen atoms in total. The zero-order valence-corrected chi connectivity index (χ0v) is 11.9. The third kappa shape index (κ3) is 2.71. The van der Waals surface area contributed by atoms with Crippen molar-refractivity contribution in [2.24, 2.45) is 0 Å². The second kappa shape index (κ2) is 5.77. The Morgan fingerprint density at radius 2 is 2.44 bits per heavy atom. The Morgan fingerprint density at radius 1 is 1.67 bits per heavy atom. The molecular formula is C12H20N4OS. The molecule has 1 aromatic heterocycles. The fourth-order valence-electron chi connectivity index (χ4n) is 2.29. The Morgan fingerprint density at radius 3 is 3.06 bits per heavy atom. The Balaban J connectivity index is 2.15. The van der Waals surface area contributed by atoms with Gasteiger partial charge in [0.2, 0.25) is 5.91 Å². The van der Waals surface area contributed by atoms with Crippen molar-refractivity contribution >= 4 is 17.2 Å². The summed E-state index contributed by atoms with van der Waals surface area (Å²) < 4.78 is 0. The lowest BCUT2D eigenvalue weighted by Gasteiger charge is -2.39. The Labute approximate surface area is 112 Å². The Bertz CT molecular complexity index is 393. The number of rotatable bonds is 3. The van der Waals surface area contributed by atoms with Gasteiger partial charge in [-0.25, -0.2) is 4.98 Å². The molecule has 6 heteroatoms. The molecule has 1 N–H and O–H groups in total. The zero-order valence-electron chi connectivity index (χ0n) is 11.1. The van der Waals surface area contributed by atoms with Crippen molar-refractivity contribution in [2.45, 2.75) is 19.0 Å². The van der Waals surface area contributed by atoms with Crippen molar-refractivity contribution in [3.05, 3.63) is 16.6 Å². The number of carbonyl (C=O) groups is 1. The van der Waals surface area contributed by atoms with E-state index in [4.69, 9.17) is 0 Å². The van der Waals surface area contributed by atoms with Gasteiger partial charge in [0.25, 0.3) is 0 Å². The van der Waals surface area contributed by atoms with Crippen LogP contribution in [0.1, 0.15) is 18.0 Å². The van der Waals surface area contributed by atoms with Gasteiger partial charge in [-0.05, 0) is 6.92 Å². The number of hydrogen-bond acceptors (Lipinski definition) is 5. The van der Waals surface area contributed by atoms with Gasteiger partial charge in [-0.1, -0.05) is 0 Å². The molecule has 1 aromatic rings. The number of amides is 1. The first-order valence-electron chi connectivity index (χ1n) is 6.18. The summed E-state index contributed by atoms with van der Waals surface area (Å²) in [6, 6.07) is 0.105. The predicted molar refractivity (Wildman–Crippen MR) is 72.6 cm³/mol. The second-order valence-corrected chi connectivity index (χ2v) is 5.66. The number of nitrogens with zero attached hydrogens (tertiary/aromatic N) is 3. The van der Waals surface area contributed by atoms with E-state index in [1.165, 1.54) is 0 Å². The maximum atomic E-state index is 12.2. The highest BCUT2D eigenvalue weighted by Crippen LogP contribution is 2.25. The van der Waals surface area contributed by atoms with Crippen LogP contribution in [0, 0.1) is 0 Å². The molecular weight excluding hydrogens is 248 g/mol. The first-order chi connectivity index (χ1) is 8.61. The number of aromatic nitrogens is 1. The van der Waals surface area contributed by atoms with Crippen molar-refractivity contribution in [2.75, 3.05) is 33.7 Å². The minimum absolute atomic E-state index is 0.0901. The lowest BCUT2D eigenvalue weighted by molar-refractivity contribution is -0.136. The van der Waals surface area contributed by atoms with Crippen molar-refractivity contribution in [1.82, 2.24) is 20.1 Å². The molecule has 2 heterocycles. The van der Waals surface area contributed by atoms with Gasteiger partial charge in [-0.3, -0.25) is 9.69 Å². The molecule has 2 rings (SSSR count). The molecule has 2 atom stereocenters. The van der Waals surface area contributed by atoms with Crippen molar-refractivity contribution in [1.29, 1.82) is 0 Å². The van der Waals surface area contributed by atoms with Crippen LogP contribution < -0.4 is 5.32 Å². The van der Waals surface area contributed by atoms with E-state index < -0.39 is 0 Å². The summed E-state index contributed by atoms with van der Waals surface area (Å²) >= 11 is 1.65. The molecule has 0 bridgehead atoms. The van der Waals surface area contributed by atoms with Crippen LogP contribution in [0.4, 0.5) is 0 Å². The standard InChI is InChI=1S/C12H20N4OS/c1-9(11-14-5-7-18-11)16-6-4-13-8-10(16)12(17)15(2)3/h5,7,9-10,13H,4,6,8H2,1-3H3. The van der Waals surface area contributed by atoms with Crippen molar-refractivity contribution < 1.29 is 4.79 Å². The van der Waals surface area contributed by atoms with Crippen LogP contribution >= 0.6 is 11.3 Å². The molecule has 0 radical (unpaired) electrons. The molecule has 1 saturated heterocycles. The van der Waals surface area contributed by atoms with Crippen LogP contribution in [0.2, 0.25) is 0 Å². The van der Waals surface area contributed by atoms with Crippen LogP contribution in [0.25, 0.3) is 0 Å². The van der Waals surface area contributed by atoms with Crippen LogP contribution in [-0.2, 0) is 4.79 Å². The van der Waals surface area contributed by atoms with Gasteiger partial charge >= 0.3 is 0 Å². The molecule has 0 spiro atoms. The van der Waals surface area contributed by atoms with Gasteiger partial charge in [-0.15, -0.1) is 11.3 Å². The molecule has 1 aliphatic rings. The van der Waals surface area contributed by atoms with E-state index >= 15 is 0 Å². The minimum Gasteiger partial charge on any atom is -0.347 e.